The molecule has 106 valence electrons. The van der Waals surface area contributed by atoms with Crippen molar-refractivity contribution in [3.63, 3.8) is 0 Å². The van der Waals surface area contributed by atoms with Crippen LogP contribution in [0.2, 0.25) is 0 Å². The van der Waals surface area contributed by atoms with Gasteiger partial charge >= 0.3 is 5.97 Å². The molecule has 0 saturated heterocycles. The Morgan fingerprint density at radius 1 is 1.20 bits per heavy atom. The zero-order valence-electron chi connectivity index (χ0n) is 10.0. The van der Waals surface area contributed by atoms with Gasteiger partial charge < -0.3 is 9.52 Å². The summed E-state index contributed by atoms with van der Waals surface area (Å²) in [4.78, 5) is 10.6. The van der Waals surface area contributed by atoms with Gasteiger partial charge in [0.2, 0.25) is 10.9 Å². The number of carboxylic acid groups (broad SMARTS) is 1. The largest absolute Gasteiger partial charge is 0.475 e. The fourth-order valence-electron chi connectivity index (χ4n) is 1.43. The van der Waals surface area contributed by atoms with Crippen molar-refractivity contribution in [3.05, 3.63) is 53.5 Å². The molecule has 2 N–H and O–H groups in total. The number of aromatic carboxylic acids is 1. The van der Waals surface area contributed by atoms with Crippen LogP contribution in [-0.2, 0) is 16.6 Å². The van der Waals surface area contributed by atoms with Crippen LogP contribution in [0, 0.1) is 5.82 Å². The number of rotatable bonds is 5. The number of benzene rings is 1. The van der Waals surface area contributed by atoms with Crippen molar-refractivity contribution in [2.24, 2.45) is 0 Å². The quantitative estimate of drug-likeness (QED) is 0.874. The van der Waals surface area contributed by atoms with E-state index in [2.05, 4.69) is 4.72 Å². The molecule has 0 radical (unpaired) electrons. The normalized spacial score (nSPS) is 11.4. The van der Waals surface area contributed by atoms with Crippen LogP contribution in [-0.4, -0.2) is 19.5 Å². The lowest BCUT2D eigenvalue weighted by atomic mass is 10.2. The van der Waals surface area contributed by atoms with Crippen molar-refractivity contribution >= 4 is 16.0 Å². The number of hydrogen-bond acceptors (Lipinski definition) is 4. The molecule has 1 aromatic heterocycles. The number of nitrogens with one attached hydrogen (secondary N) is 1. The summed E-state index contributed by atoms with van der Waals surface area (Å²) in [5.74, 6) is -2.24. The summed E-state index contributed by atoms with van der Waals surface area (Å²) in [6, 6.07) is 7.38. The predicted molar refractivity (Wildman–Crippen MR) is 66.1 cm³/mol. The molecule has 2 aromatic rings. The predicted octanol–water partition coefficient (Wildman–Crippen LogP) is 1.60. The molecule has 0 bridgehead atoms. The number of carboxylic acids is 1. The fraction of sp³-hybridized carbons (Fsp3) is 0.0833. The molecule has 0 saturated carbocycles. The topological polar surface area (TPSA) is 96.6 Å². The molecule has 0 aliphatic carbocycles. The fourth-order valence-corrected chi connectivity index (χ4v) is 2.38. The van der Waals surface area contributed by atoms with Crippen LogP contribution < -0.4 is 4.72 Å². The lowest BCUT2D eigenvalue weighted by Gasteiger charge is -2.04. The van der Waals surface area contributed by atoms with Crippen LogP contribution in [0.3, 0.4) is 0 Å². The Labute approximate surface area is 113 Å². The van der Waals surface area contributed by atoms with Crippen LogP contribution in [0.15, 0.2) is 45.9 Å². The lowest BCUT2D eigenvalue weighted by molar-refractivity contribution is 0.0656. The third kappa shape index (κ3) is 3.22. The molecule has 0 amide bonds. The maximum absolute atomic E-state index is 12.7. The minimum Gasteiger partial charge on any atom is -0.475 e. The van der Waals surface area contributed by atoms with Gasteiger partial charge in [0.15, 0.2) is 0 Å². The van der Waals surface area contributed by atoms with Gasteiger partial charge in [-0.2, -0.15) is 0 Å². The van der Waals surface area contributed by atoms with Gasteiger partial charge in [-0.3, -0.25) is 0 Å². The van der Waals surface area contributed by atoms with E-state index in [1.54, 1.807) is 0 Å². The van der Waals surface area contributed by atoms with E-state index in [1.165, 1.54) is 24.3 Å². The van der Waals surface area contributed by atoms with E-state index in [9.17, 15) is 17.6 Å². The second-order valence-electron chi connectivity index (χ2n) is 3.87. The summed E-state index contributed by atoms with van der Waals surface area (Å²) < 4.78 is 43.3. The van der Waals surface area contributed by atoms with Gasteiger partial charge in [-0.05, 0) is 29.8 Å². The maximum atomic E-state index is 12.7. The molecule has 0 spiro atoms. The van der Waals surface area contributed by atoms with Crippen molar-refractivity contribution < 1.29 is 27.1 Å². The van der Waals surface area contributed by atoms with Gasteiger partial charge in [0.1, 0.15) is 5.82 Å². The molecular weight excluding hydrogens is 289 g/mol. The highest BCUT2D eigenvalue weighted by Crippen LogP contribution is 2.14. The van der Waals surface area contributed by atoms with Gasteiger partial charge in [0, 0.05) is 6.54 Å². The standard InChI is InChI=1S/C12H10FNO5S/c13-9-3-1-8(2-4-9)7-14-20(17,18)11-6-5-10(19-11)12(15)16/h1-6,14H,7H2,(H,15,16). The second-order valence-corrected chi connectivity index (χ2v) is 5.57. The first kappa shape index (κ1) is 14.2. The van der Waals surface area contributed by atoms with Gasteiger partial charge in [0.25, 0.3) is 10.0 Å². The molecule has 0 fully saturated rings. The third-order valence-corrected chi connectivity index (χ3v) is 3.71. The molecule has 0 atom stereocenters. The molecular formula is C12H10FNO5S. The van der Waals surface area contributed by atoms with Gasteiger partial charge in [-0.25, -0.2) is 22.3 Å². The summed E-state index contributed by atoms with van der Waals surface area (Å²) >= 11 is 0. The molecule has 8 heteroatoms. The first-order valence-corrected chi connectivity index (χ1v) is 6.94. The zero-order valence-corrected chi connectivity index (χ0v) is 10.9. The lowest BCUT2D eigenvalue weighted by Crippen LogP contribution is -2.22. The SMILES string of the molecule is O=C(O)c1ccc(S(=O)(=O)NCc2ccc(F)cc2)o1. The highest BCUT2D eigenvalue weighted by molar-refractivity contribution is 7.89. The Bertz CT molecular complexity index is 721. The molecule has 20 heavy (non-hydrogen) atoms. The molecule has 6 nitrogen and oxygen atoms in total. The van der Waals surface area contributed by atoms with Crippen molar-refractivity contribution in [2.45, 2.75) is 11.6 Å². The Kier molecular flexibility index (Phi) is 3.86. The summed E-state index contributed by atoms with van der Waals surface area (Å²) in [6.07, 6.45) is 0. The van der Waals surface area contributed by atoms with E-state index in [1.807, 2.05) is 0 Å². The Morgan fingerprint density at radius 2 is 1.85 bits per heavy atom. The molecule has 1 heterocycles. The molecule has 2 rings (SSSR count). The molecule has 0 aliphatic heterocycles. The van der Waals surface area contributed by atoms with Crippen LogP contribution >= 0.6 is 0 Å². The van der Waals surface area contributed by atoms with Crippen LogP contribution in [0.1, 0.15) is 16.1 Å². The van der Waals surface area contributed by atoms with Crippen molar-refractivity contribution in [2.75, 3.05) is 0 Å². The van der Waals surface area contributed by atoms with Crippen LogP contribution in [0.25, 0.3) is 0 Å². The van der Waals surface area contributed by atoms with Crippen molar-refractivity contribution in [1.82, 2.24) is 4.72 Å². The van der Waals surface area contributed by atoms with E-state index in [-0.39, 0.29) is 6.54 Å². The van der Waals surface area contributed by atoms with Crippen LogP contribution in [0.4, 0.5) is 4.39 Å². The monoisotopic (exact) mass is 299 g/mol. The number of carbonyl (C=O) groups is 1. The van der Waals surface area contributed by atoms with E-state index in [4.69, 9.17) is 9.52 Å². The van der Waals surface area contributed by atoms with Crippen molar-refractivity contribution in [1.29, 1.82) is 0 Å². The summed E-state index contributed by atoms with van der Waals surface area (Å²) in [7, 11) is -3.96. The average molecular weight is 299 g/mol. The van der Waals surface area contributed by atoms with Gasteiger partial charge in [-0.1, -0.05) is 12.1 Å². The number of furan rings is 1. The minimum absolute atomic E-state index is 0.0638. The maximum Gasteiger partial charge on any atom is 0.371 e. The Hall–Kier alpha value is -2.19. The Balaban J connectivity index is 2.10. The van der Waals surface area contributed by atoms with E-state index >= 15 is 0 Å². The van der Waals surface area contributed by atoms with E-state index in [0.29, 0.717) is 5.56 Å². The van der Waals surface area contributed by atoms with Gasteiger partial charge in [-0.15, -0.1) is 0 Å². The van der Waals surface area contributed by atoms with E-state index < -0.39 is 32.7 Å². The van der Waals surface area contributed by atoms with Gasteiger partial charge in [0.05, 0.1) is 0 Å². The molecule has 0 unspecified atom stereocenters. The summed E-state index contributed by atoms with van der Waals surface area (Å²) in [5, 5.41) is 8.16. The Morgan fingerprint density at radius 3 is 2.40 bits per heavy atom. The molecule has 0 aliphatic rings. The second kappa shape index (κ2) is 5.43. The first-order valence-electron chi connectivity index (χ1n) is 5.46. The highest BCUT2D eigenvalue weighted by atomic mass is 32.2. The summed E-state index contributed by atoms with van der Waals surface area (Å²) in [6.45, 7) is -0.0638. The average Bonchev–Trinajstić information content (AvgIpc) is 2.89. The smallest absolute Gasteiger partial charge is 0.371 e. The minimum atomic E-state index is -3.96. The van der Waals surface area contributed by atoms with Crippen molar-refractivity contribution in [3.8, 4) is 0 Å². The first-order chi connectivity index (χ1) is 9.38. The third-order valence-electron chi connectivity index (χ3n) is 2.44. The summed E-state index contributed by atoms with van der Waals surface area (Å²) in [5.41, 5.74) is 0.556. The van der Waals surface area contributed by atoms with Crippen LogP contribution in [0.5, 0.6) is 0 Å². The number of halogens is 1. The number of sulfonamides is 1. The highest BCUT2D eigenvalue weighted by Gasteiger charge is 2.20. The van der Waals surface area contributed by atoms with E-state index in [0.717, 1.165) is 12.1 Å². The number of hydrogen-bond donors (Lipinski definition) is 2. The zero-order chi connectivity index (χ0) is 14.8. The molecule has 1 aromatic carbocycles.